The number of fused-ring (bicyclic) bond motifs is 1. The molecule has 1 heterocycles. The molecular formula is C14H12N4O2. The second-order valence-electron chi connectivity index (χ2n) is 4.47. The van der Waals surface area contributed by atoms with Crippen molar-refractivity contribution in [2.24, 2.45) is 0 Å². The largest absolute Gasteiger partial charge is 0.369 e. The molecule has 0 radical (unpaired) electrons. The van der Waals surface area contributed by atoms with Crippen molar-refractivity contribution in [3.63, 3.8) is 0 Å². The first-order valence-electron chi connectivity index (χ1n) is 6.09. The third-order valence-electron chi connectivity index (χ3n) is 3.15. The van der Waals surface area contributed by atoms with Gasteiger partial charge < -0.3 is 10.3 Å². The number of nitro groups is 1. The monoisotopic (exact) mass is 268 g/mol. The molecule has 0 bridgehead atoms. The molecule has 0 unspecified atom stereocenters. The van der Waals surface area contributed by atoms with Gasteiger partial charge in [0.1, 0.15) is 0 Å². The standard InChI is InChI=1S/C14H12N4O2/c15-14-16-12-6-1-2-7-13(12)17(14)9-10-4-3-5-11(8-10)18(19)20/h1-8H,9H2,(H2,15,16). The molecule has 0 saturated carbocycles. The molecule has 2 N–H and O–H groups in total. The van der Waals surface area contributed by atoms with Gasteiger partial charge in [0.05, 0.1) is 22.5 Å². The van der Waals surface area contributed by atoms with Crippen LogP contribution in [0.4, 0.5) is 11.6 Å². The fraction of sp³-hybridized carbons (Fsp3) is 0.0714. The minimum atomic E-state index is -0.404. The summed E-state index contributed by atoms with van der Waals surface area (Å²) in [5.41, 5.74) is 8.53. The second kappa shape index (κ2) is 4.65. The molecule has 0 spiro atoms. The summed E-state index contributed by atoms with van der Waals surface area (Å²) in [4.78, 5) is 14.7. The van der Waals surface area contributed by atoms with Crippen molar-refractivity contribution in [3.8, 4) is 0 Å². The highest BCUT2D eigenvalue weighted by molar-refractivity contribution is 5.78. The number of nitrogen functional groups attached to an aromatic ring is 1. The summed E-state index contributed by atoms with van der Waals surface area (Å²) in [6, 6.07) is 14.1. The molecule has 0 amide bonds. The number of rotatable bonds is 3. The summed E-state index contributed by atoms with van der Waals surface area (Å²) in [6.45, 7) is 0.452. The summed E-state index contributed by atoms with van der Waals surface area (Å²) in [7, 11) is 0. The van der Waals surface area contributed by atoms with Crippen LogP contribution in [-0.4, -0.2) is 14.5 Å². The predicted octanol–water partition coefficient (Wildman–Crippen LogP) is 2.58. The molecule has 6 nitrogen and oxygen atoms in total. The van der Waals surface area contributed by atoms with Gasteiger partial charge in [0.15, 0.2) is 0 Å². The van der Waals surface area contributed by atoms with Crippen molar-refractivity contribution < 1.29 is 4.92 Å². The molecule has 0 aliphatic heterocycles. The minimum absolute atomic E-state index is 0.0745. The van der Waals surface area contributed by atoms with E-state index in [-0.39, 0.29) is 5.69 Å². The van der Waals surface area contributed by atoms with E-state index in [1.807, 2.05) is 34.9 Å². The van der Waals surface area contributed by atoms with Crippen molar-refractivity contribution >= 4 is 22.7 Å². The topological polar surface area (TPSA) is 87.0 Å². The third-order valence-corrected chi connectivity index (χ3v) is 3.15. The fourth-order valence-electron chi connectivity index (χ4n) is 2.21. The van der Waals surface area contributed by atoms with Gasteiger partial charge in [-0.05, 0) is 17.7 Å². The average Bonchev–Trinajstić information content (AvgIpc) is 2.76. The van der Waals surface area contributed by atoms with Crippen LogP contribution in [0.5, 0.6) is 0 Å². The van der Waals surface area contributed by atoms with Gasteiger partial charge in [-0.1, -0.05) is 24.3 Å². The number of hydrogen-bond donors (Lipinski definition) is 1. The van der Waals surface area contributed by atoms with Crippen LogP contribution in [0.3, 0.4) is 0 Å². The number of imidazole rings is 1. The lowest BCUT2D eigenvalue weighted by Crippen LogP contribution is -2.04. The molecule has 100 valence electrons. The molecule has 0 aliphatic carbocycles. The lowest BCUT2D eigenvalue weighted by Gasteiger charge is -2.06. The summed E-state index contributed by atoms with van der Waals surface area (Å²) in [5.74, 6) is 0.401. The molecule has 20 heavy (non-hydrogen) atoms. The Hall–Kier alpha value is -2.89. The van der Waals surface area contributed by atoms with Gasteiger partial charge in [-0.2, -0.15) is 0 Å². The van der Waals surface area contributed by atoms with Gasteiger partial charge in [-0.15, -0.1) is 0 Å². The maximum atomic E-state index is 10.8. The van der Waals surface area contributed by atoms with Gasteiger partial charge in [-0.25, -0.2) is 4.98 Å². The van der Waals surface area contributed by atoms with Crippen LogP contribution in [0.25, 0.3) is 11.0 Å². The van der Waals surface area contributed by atoms with Crippen LogP contribution < -0.4 is 5.73 Å². The normalized spacial score (nSPS) is 10.8. The van der Waals surface area contributed by atoms with Crippen LogP contribution in [-0.2, 0) is 6.54 Å². The van der Waals surface area contributed by atoms with Crippen LogP contribution >= 0.6 is 0 Å². The number of nitrogens with two attached hydrogens (primary N) is 1. The first-order chi connectivity index (χ1) is 9.65. The zero-order valence-electron chi connectivity index (χ0n) is 10.6. The van der Waals surface area contributed by atoms with Crippen LogP contribution in [0, 0.1) is 10.1 Å². The van der Waals surface area contributed by atoms with Crippen molar-refractivity contribution in [2.75, 3.05) is 5.73 Å². The molecule has 2 aromatic carbocycles. The van der Waals surface area contributed by atoms with Crippen molar-refractivity contribution in [3.05, 3.63) is 64.2 Å². The Morgan fingerprint density at radius 2 is 2.00 bits per heavy atom. The van der Waals surface area contributed by atoms with Crippen molar-refractivity contribution in [1.82, 2.24) is 9.55 Å². The maximum absolute atomic E-state index is 10.8. The molecular weight excluding hydrogens is 256 g/mol. The first-order valence-corrected chi connectivity index (χ1v) is 6.09. The van der Waals surface area contributed by atoms with E-state index in [0.717, 1.165) is 16.6 Å². The number of para-hydroxylation sites is 2. The lowest BCUT2D eigenvalue weighted by molar-refractivity contribution is -0.384. The smallest absolute Gasteiger partial charge is 0.269 e. The highest BCUT2D eigenvalue weighted by Crippen LogP contribution is 2.20. The van der Waals surface area contributed by atoms with E-state index in [9.17, 15) is 10.1 Å². The second-order valence-corrected chi connectivity index (χ2v) is 4.47. The van der Waals surface area contributed by atoms with Crippen LogP contribution in [0.2, 0.25) is 0 Å². The van der Waals surface area contributed by atoms with E-state index in [4.69, 9.17) is 5.73 Å². The van der Waals surface area contributed by atoms with Gasteiger partial charge in [0.25, 0.3) is 5.69 Å². The summed E-state index contributed by atoms with van der Waals surface area (Å²) in [5, 5.41) is 10.8. The molecule has 0 atom stereocenters. The van der Waals surface area contributed by atoms with Gasteiger partial charge in [0.2, 0.25) is 5.95 Å². The van der Waals surface area contributed by atoms with E-state index in [2.05, 4.69) is 4.98 Å². The Kier molecular flexibility index (Phi) is 2.83. The molecule has 0 fully saturated rings. The number of nitro benzene ring substituents is 1. The van der Waals surface area contributed by atoms with Gasteiger partial charge in [-0.3, -0.25) is 10.1 Å². The lowest BCUT2D eigenvalue weighted by atomic mass is 10.2. The Bertz CT molecular complexity index is 795. The highest BCUT2D eigenvalue weighted by atomic mass is 16.6. The average molecular weight is 268 g/mol. The number of non-ortho nitro benzene ring substituents is 1. The van der Waals surface area contributed by atoms with Crippen molar-refractivity contribution in [1.29, 1.82) is 0 Å². The zero-order chi connectivity index (χ0) is 14.1. The van der Waals surface area contributed by atoms with E-state index < -0.39 is 4.92 Å². The first kappa shape index (κ1) is 12.2. The number of nitrogens with zero attached hydrogens (tertiary/aromatic N) is 3. The number of anilines is 1. The Balaban J connectivity index is 2.03. The molecule has 0 aliphatic rings. The Morgan fingerprint density at radius 1 is 1.20 bits per heavy atom. The van der Waals surface area contributed by atoms with Crippen LogP contribution in [0.1, 0.15) is 5.56 Å². The fourth-order valence-corrected chi connectivity index (χ4v) is 2.21. The minimum Gasteiger partial charge on any atom is -0.369 e. The SMILES string of the molecule is Nc1nc2ccccc2n1Cc1cccc([N+](=O)[O-])c1. The molecule has 3 aromatic rings. The van der Waals surface area contributed by atoms with Crippen LogP contribution in [0.15, 0.2) is 48.5 Å². The van der Waals surface area contributed by atoms with E-state index in [1.165, 1.54) is 6.07 Å². The third kappa shape index (κ3) is 2.07. The molecule has 6 heteroatoms. The number of hydrogen-bond acceptors (Lipinski definition) is 4. The van der Waals surface area contributed by atoms with E-state index in [0.29, 0.717) is 12.5 Å². The molecule has 0 saturated heterocycles. The number of benzene rings is 2. The maximum Gasteiger partial charge on any atom is 0.269 e. The van der Waals surface area contributed by atoms with Gasteiger partial charge in [0, 0.05) is 12.1 Å². The Morgan fingerprint density at radius 3 is 2.80 bits per heavy atom. The summed E-state index contributed by atoms with van der Waals surface area (Å²) in [6.07, 6.45) is 0. The predicted molar refractivity (Wildman–Crippen MR) is 76.3 cm³/mol. The molecule has 1 aromatic heterocycles. The quantitative estimate of drug-likeness (QED) is 0.584. The summed E-state index contributed by atoms with van der Waals surface area (Å²) >= 11 is 0. The highest BCUT2D eigenvalue weighted by Gasteiger charge is 2.10. The molecule has 3 rings (SSSR count). The van der Waals surface area contributed by atoms with Gasteiger partial charge >= 0.3 is 0 Å². The Labute approximate surface area is 114 Å². The van der Waals surface area contributed by atoms with Crippen molar-refractivity contribution in [2.45, 2.75) is 6.54 Å². The van der Waals surface area contributed by atoms with E-state index in [1.54, 1.807) is 12.1 Å². The summed E-state index contributed by atoms with van der Waals surface area (Å²) < 4.78 is 1.84. The van der Waals surface area contributed by atoms with E-state index >= 15 is 0 Å². The number of aromatic nitrogens is 2. The zero-order valence-corrected chi connectivity index (χ0v) is 10.6.